The van der Waals surface area contributed by atoms with E-state index in [1.165, 1.54) is 11.6 Å². The molecule has 24 heavy (non-hydrogen) atoms. The normalized spacial score (nSPS) is 12.2. The smallest absolute Gasteiger partial charge is 0.744 e. The van der Waals surface area contributed by atoms with Crippen molar-refractivity contribution in [2.75, 3.05) is 0 Å². The fraction of sp³-hybridized carbons (Fsp3) is 0.474. The van der Waals surface area contributed by atoms with Crippen molar-refractivity contribution in [3.05, 3.63) is 41.0 Å². The van der Waals surface area contributed by atoms with E-state index < -0.39 is 10.1 Å². The van der Waals surface area contributed by atoms with Gasteiger partial charge < -0.3 is 4.55 Å². The molecule has 0 fully saturated rings. The number of fused-ring (bicyclic) bond motifs is 1. The zero-order chi connectivity index (χ0) is 17.5. The van der Waals surface area contributed by atoms with Gasteiger partial charge in [0.1, 0.15) is 10.1 Å². The van der Waals surface area contributed by atoms with Gasteiger partial charge in [-0.05, 0) is 57.3 Å². The first-order chi connectivity index (χ1) is 10.5. The van der Waals surface area contributed by atoms with Crippen LogP contribution in [0.1, 0.15) is 76.0 Å². The predicted octanol–water partition coefficient (Wildman–Crippen LogP) is 2.12. The number of rotatable bonds is 4. The largest absolute Gasteiger partial charge is 1.00 e. The van der Waals surface area contributed by atoms with E-state index in [0.29, 0.717) is 5.92 Å². The van der Waals surface area contributed by atoms with Crippen LogP contribution in [0.4, 0.5) is 0 Å². The van der Waals surface area contributed by atoms with Crippen LogP contribution in [0.25, 0.3) is 10.8 Å². The van der Waals surface area contributed by atoms with Crippen LogP contribution in [-0.4, -0.2) is 13.0 Å². The standard InChI is InChI=1S/C19H26O3S.Na/c1-11(2)15-7-8-16-17(12(3)4)9-14(23(20,21)22)10-18(16)19(15)13(5)6;/h7-13H,1-6H3,(H,20,21,22);/q;+1/p-1. The molecule has 0 radical (unpaired) electrons. The molecule has 0 aliphatic rings. The van der Waals surface area contributed by atoms with E-state index in [2.05, 4.69) is 39.8 Å². The Morgan fingerprint density at radius 2 is 1.33 bits per heavy atom. The van der Waals surface area contributed by atoms with Gasteiger partial charge in [0.25, 0.3) is 0 Å². The zero-order valence-corrected chi connectivity index (χ0v) is 18.5. The molecule has 2 aromatic rings. The van der Waals surface area contributed by atoms with E-state index in [4.69, 9.17) is 0 Å². The SMILES string of the molecule is CC(C)c1ccc2c(C(C)C)cc(S(=O)(=O)[O-])cc2c1C(C)C.[Na+]. The molecular formula is C19H25NaO3S. The van der Waals surface area contributed by atoms with E-state index in [1.54, 1.807) is 6.07 Å². The molecule has 0 unspecified atom stereocenters. The molecular weight excluding hydrogens is 331 g/mol. The van der Waals surface area contributed by atoms with Crippen LogP contribution < -0.4 is 29.6 Å². The van der Waals surface area contributed by atoms with Gasteiger partial charge in [-0.25, -0.2) is 8.42 Å². The minimum absolute atomic E-state index is 0. The summed E-state index contributed by atoms with van der Waals surface area (Å²) in [6, 6.07) is 7.30. The van der Waals surface area contributed by atoms with Gasteiger partial charge in [-0.15, -0.1) is 0 Å². The second-order valence-electron chi connectivity index (χ2n) is 7.09. The van der Waals surface area contributed by atoms with Gasteiger partial charge in [0, 0.05) is 0 Å². The Morgan fingerprint density at radius 3 is 1.75 bits per heavy atom. The van der Waals surface area contributed by atoms with Crippen molar-refractivity contribution < 1.29 is 42.5 Å². The number of benzene rings is 2. The minimum atomic E-state index is -4.48. The molecule has 0 atom stereocenters. The van der Waals surface area contributed by atoms with E-state index in [9.17, 15) is 13.0 Å². The average Bonchev–Trinajstić information content (AvgIpc) is 2.42. The van der Waals surface area contributed by atoms with Crippen molar-refractivity contribution in [3.63, 3.8) is 0 Å². The summed E-state index contributed by atoms with van der Waals surface area (Å²) in [6.07, 6.45) is 0. The van der Waals surface area contributed by atoms with Crippen molar-refractivity contribution >= 4 is 20.9 Å². The molecule has 0 saturated carbocycles. The average molecular weight is 356 g/mol. The monoisotopic (exact) mass is 356 g/mol. The van der Waals surface area contributed by atoms with Crippen LogP contribution in [0.5, 0.6) is 0 Å². The van der Waals surface area contributed by atoms with Crippen LogP contribution in [0.3, 0.4) is 0 Å². The molecule has 0 heterocycles. The zero-order valence-electron chi connectivity index (χ0n) is 15.7. The third-order valence-electron chi connectivity index (χ3n) is 4.33. The summed E-state index contributed by atoms with van der Waals surface area (Å²) in [5, 5.41) is 1.94. The van der Waals surface area contributed by atoms with Gasteiger partial charge in [0.05, 0.1) is 4.90 Å². The molecule has 126 valence electrons. The summed E-state index contributed by atoms with van der Waals surface area (Å²) in [4.78, 5) is -0.128. The molecule has 0 aliphatic carbocycles. The topological polar surface area (TPSA) is 57.2 Å². The maximum atomic E-state index is 11.6. The van der Waals surface area contributed by atoms with E-state index in [-0.39, 0.29) is 46.3 Å². The van der Waals surface area contributed by atoms with E-state index >= 15 is 0 Å². The second kappa shape index (κ2) is 7.88. The van der Waals surface area contributed by atoms with Gasteiger partial charge in [0.15, 0.2) is 0 Å². The van der Waals surface area contributed by atoms with Crippen molar-refractivity contribution in [2.24, 2.45) is 0 Å². The van der Waals surface area contributed by atoms with Gasteiger partial charge in [-0.3, -0.25) is 0 Å². The summed E-state index contributed by atoms with van der Waals surface area (Å²) < 4.78 is 34.8. The molecule has 5 heteroatoms. The molecule has 0 amide bonds. The maximum Gasteiger partial charge on any atom is 1.00 e. The van der Waals surface area contributed by atoms with Gasteiger partial charge in [0.2, 0.25) is 0 Å². The minimum Gasteiger partial charge on any atom is -0.744 e. The van der Waals surface area contributed by atoms with Crippen LogP contribution >= 0.6 is 0 Å². The van der Waals surface area contributed by atoms with Crippen LogP contribution in [-0.2, 0) is 10.1 Å². The first-order valence-electron chi connectivity index (χ1n) is 8.10. The summed E-state index contributed by atoms with van der Waals surface area (Å²) >= 11 is 0. The van der Waals surface area contributed by atoms with Crippen molar-refractivity contribution in [3.8, 4) is 0 Å². The van der Waals surface area contributed by atoms with Crippen LogP contribution in [0, 0.1) is 0 Å². The fourth-order valence-electron chi connectivity index (χ4n) is 3.25. The predicted molar refractivity (Wildman–Crippen MR) is 94.2 cm³/mol. The second-order valence-corrected chi connectivity index (χ2v) is 8.47. The Kier molecular flexibility index (Phi) is 7.11. The Hall–Kier alpha value is -0.390. The fourth-order valence-corrected chi connectivity index (χ4v) is 3.78. The summed E-state index contributed by atoms with van der Waals surface area (Å²) in [5.74, 6) is 0.733. The molecule has 0 spiro atoms. The third-order valence-corrected chi connectivity index (χ3v) is 5.14. The Balaban J connectivity index is 0.00000288. The Labute approximate surface area is 167 Å². The van der Waals surface area contributed by atoms with Crippen LogP contribution in [0.2, 0.25) is 0 Å². The molecule has 2 aromatic carbocycles. The van der Waals surface area contributed by atoms with Crippen molar-refractivity contribution in [1.29, 1.82) is 0 Å². The number of hydrogen-bond acceptors (Lipinski definition) is 3. The van der Waals surface area contributed by atoms with Crippen LogP contribution in [0.15, 0.2) is 29.2 Å². The third kappa shape index (κ3) is 4.23. The quantitative estimate of drug-likeness (QED) is 0.623. The summed E-state index contributed by atoms with van der Waals surface area (Å²) in [5.41, 5.74) is 3.27. The first kappa shape index (κ1) is 21.7. The van der Waals surface area contributed by atoms with Gasteiger partial charge >= 0.3 is 29.6 Å². The molecule has 3 nitrogen and oxygen atoms in total. The Bertz CT molecular complexity index is 837. The summed E-state index contributed by atoms with van der Waals surface area (Å²) in [6.45, 7) is 12.5. The van der Waals surface area contributed by atoms with E-state index in [0.717, 1.165) is 21.9 Å². The molecule has 0 saturated heterocycles. The molecule has 0 aromatic heterocycles. The van der Waals surface area contributed by atoms with Gasteiger partial charge in [-0.2, -0.15) is 0 Å². The summed E-state index contributed by atoms with van der Waals surface area (Å²) in [7, 11) is -4.48. The van der Waals surface area contributed by atoms with Gasteiger partial charge in [-0.1, -0.05) is 53.7 Å². The Morgan fingerprint density at radius 1 is 0.792 bits per heavy atom. The van der Waals surface area contributed by atoms with E-state index in [1.807, 2.05) is 13.8 Å². The number of hydrogen-bond donors (Lipinski definition) is 0. The molecule has 0 N–H and O–H groups in total. The molecule has 0 bridgehead atoms. The maximum absolute atomic E-state index is 11.6. The first-order valence-corrected chi connectivity index (χ1v) is 9.51. The van der Waals surface area contributed by atoms with Crippen molar-refractivity contribution in [2.45, 2.75) is 64.2 Å². The molecule has 2 rings (SSSR count). The van der Waals surface area contributed by atoms with Crippen molar-refractivity contribution in [1.82, 2.24) is 0 Å². The molecule has 0 aliphatic heterocycles.